The molecule has 0 fully saturated rings. The van der Waals surface area contributed by atoms with Gasteiger partial charge in [-0.25, -0.2) is 4.68 Å². The number of nitrogens with one attached hydrogen (secondary N) is 1. The van der Waals surface area contributed by atoms with E-state index in [2.05, 4.69) is 15.5 Å². The lowest BCUT2D eigenvalue weighted by molar-refractivity contribution is 0.866. The summed E-state index contributed by atoms with van der Waals surface area (Å²) < 4.78 is 1.26. The fraction of sp³-hybridized carbons (Fsp3) is 0.111. The van der Waals surface area contributed by atoms with Crippen LogP contribution < -0.4 is 16.9 Å². The van der Waals surface area contributed by atoms with Crippen LogP contribution in [0.4, 0.5) is 11.6 Å². The van der Waals surface area contributed by atoms with Crippen LogP contribution in [0.3, 0.4) is 0 Å². The van der Waals surface area contributed by atoms with Crippen LogP contribution in [0.5, 0.6) is 0 Å². The van der Waals surface area contributed by atoms with E-state index in [1.807, 2.05) is 30.3 Å². The maximum absolute atomic E-state index is 5.59. The Morgan fingerprint density at radius 1 is 1.20 bits per heavy atom. The number of rotatable bonds is 3. The Bertz CT molecular complexity index is 435. The molecule has 2 rings (SSSR count). The van der Waals surface area contributed by atoms with E-state index in [0.717, 1.165) is 5.69 Å². The summed E-state index contributed by atoms with van der Waals surface area (Å²) in [5.41, 5.74) is 6.45. The number of nitrogen functional groups attached to an aromatic ring is 2. The lowest BCUT2D eigenvalue weighted by Gasteiger charge is -2.04. The molecule has 0 saturated carbocycles. The second kappa shape index (κ2) is 3.87. The second-order valence-electron chi connectivity index (χ2n) is 3.06. The molecule has 1 heterocycles. The van der Waals surface area contributed by atoms with E-state index in [1.54, 1.807) is 0 Å². The van der Waals surface area contributed by atoms with Crippen LogP contribution in [-0.4, -0.2) is 14.9 Å². The van der Waals surface area contributed by atoms with Crippen LogP contribution in [-0.2, 0) is 6.54 Å². The third-order valence-electron chi connectivity index (χ3n) is 2.02. The Labute approximate surface area is 86.9 Å². The van der Waals surface area contributed by atoms with Gasteiger partial charge in [0.2, 0.25) is 5.95 Å². The predicted molar refractivity (Wildman–Crippen MR) is 58.4 cm³/mol. The highest BCUT2D eigenvalue weighted by atomic mass is 15.4. The lowest BCUT2D eigenvalue weighted by Crippen LogP contribution is -2.17. The van der Waals surface area contributed by atoms with Gasteiger partial charge in [-0.2, -0.15) is 0 Å². The van der Waals surface area contributed by atoms with E-state index in [0.29, 0.717) is 12.4 Å². The molecule has 0 bridgehead atoms. The largest absolute Gasteiger partial charge is 0.378 e. The summed E-state index contributed by atoms with van der Waals surface area (Å²) in [7, 11) is 0. The number of benzene rings is 1. The predicted octanol–water partition coefficient (Wildman–Crippen LogP) is 0.186. The molecule has 0 aliphatic heterocycles. The topological polar surface area (TPSA) is 94.8 Å². The van der Waals surface area contributed by atoms with Crippen LogP contribution in [0, 0.1) is 0 Å². The number of nitrogens with zero attached hydrogens (tertiary/aromatic N) is 3. The minimum Gasteiger partial charge on any atom is -0.378 e. The van der Waals surface area contributed by atoms with E-state index in [1.165, 1.54) is 4.68 Å². The first kappa shape index (κ1) is 9.32. The van der Waals surface area contributed by atoms with Gasteiger partial charge in [-0.1, -0.05) is 18.2 Å². The number of hydrogen-bond donors (Lipinski definition) is 3. The SMILES string of the molecule is Nc1nnc(CNc2ccccc2)n1N. The zero-order valence-electron chi connectivity index (χ0n) is 8.09. The molecular weight excluding hydrogens is 192 g/mol. The molecule has 0 spiro atoms. The summed E-state index contributed by atoms with van der Waals surface area (Å²) in [6, 6.07) is 9.77. The van der Waals surface area contributed by atoms with Gasteiger partial charge in [-0.05, 0) is 12.1 Å². The first-order chi connectivity index (χ1) is 7.27. The van der Waals surface area contributed by atoms with Gasteiger partial charge in [0, 0.05) is 5.69 Å². The third-order valence-corrected chi connectivity index (χ3v) is 2.02. The van der Waals surface area contributed by atoms with Gasteiger partial charge in [-0.15, -0.1) is 10.2 Å². The Morgan fingerprint density at radius 2 is 1.93 bits per heavy atom. The lowest BCUT2D eigenvalue weighted by atomic mass is 10.3. The van der Waals surface area contributed by atoms with Crippen LogP contribution >= 0.6 is 0 Å². The number of anilines is 2. The van der Waals surface area contributed by atoms with Crippen molar-refractivity contribution in [1.29, 1.82) is 0 Å². The molecule has 0 radical (unpaired) electrons. The number of aromatic nitrogens is 3. The molecule has 0 amide bonds. The van der Waals surface area contributed by atoms with Crippen molar-refractivity contribution in [2.24, 2.45) is 0 Å². The molecule has 1 aromatic carbocycles. The summed E-state index contributed by atoms with van der Waals surface area (Å²) in [6.45, 7) is 0.491. The third kappa shape index (κ3) is 1.98. The molecule has 0 aliphatic rings. The van der Waals surface area contributed by atoms with Crippen molar-refractivity contribution in [3.8, 4) is 0 Å². The number of nitrogens with two attached hydrogens (primary N) is 2. The molecule has 78 valence electrons. The fourth-order valence-corrected chi connectivity index (χ4v) is 1.20. The van der Waals surface area contributed by atoms with Gasteiger partial charge in [0.15, 0.2) is 5.82 Å². The van der Waals surface area contributed by atoms with Gasteiger partial charge < -0.3 is 16.9 Å². The molecule has 5 N–H and O–H groups in total. The van der Waals surface area contributed by atoms with Gasteiger partial charge in [-0.3, -0.25) is 0 Å². The van der Waals surface area contributed by atoms with Crippen LogP contribution in [0.1, 0.15) is 5.82 Å². The molecule has 15 heavy (non-hydrogen) atoms. The van der Waals surface area contributed by atoms with Crippen molar-refractivity contribution in [2.75, 3.05) is 16.9 Å². The Balaban J connectivity index is 2.02. The van der Waals surface area contributed by atoms with E-state index in [9.17, 15) is 0 Å². The van der Waals surface area contributed by atoms with Crippen LogP contribution in [0.15, 0.2) is 30.3 Å². The first-order valence-corrected chi connectivity index (χ1v) is 4.51. The average Bonchev–Trinajstić information content (AvgIpc) is 2.59. The summed E-state index contributed by atoms with van der Waals surface area (Å²) in [4.78, 5) is 0. The normalized spacial score (nSPS) is 10.1. The van der Waals surface area contributed by atoms with Gasteiger partial charge in [0.05, 0.1) is 6.54 Å². The van der Waals surface area contributed by atoms with E-state index in [4.69, 9.17) is 11.6 Å². The highest BCUT2D eigenvalue weighted by Crippen LogP contribution is 2.07. The van der Waals surface area contributed by atoms with Gasteiger partial charge in [0.25, 0.3) is 0 Å². The maximum Gasteiger partial charge on any atom is 0.240 e. The van der Waals surface area contributed by atoms with Crippen molar-refractivity contribution in [2.45, 2.75) is 6.54 Å². The van der Waals surface area contributed by atoms with Gasteiger partial charge >= 0.3 is 0 Å². The molecule has 6 nitrogen and oxygen atoms in total. The standard InChI is InChI=1S/C9H12N6/c10-9-14-13-8(15(9)11)6-12-7-4-2-1-3-5-7/h1-5,12H,6,11H2,(H2,10,14). The zero-order valence-corrected chi connectivity index (χ0v) is 8.09. The molecule has 2 aromatic rings. The summed E-state index contributed by atoms with van der Waals surface area (Å²) in [6.07, 6.45) is 0. The van der Waals surface area contributed by atoms with Crippen molar-refractivity contribution in [3.05, 3.63) is 36.2 Å². The van der Waals surface area contributed by atoms with Crippen molar-refractivity contribution in [1.82, 2.24) is 14.9 Å². The molecular formula is C9H12N6. The van der Waals surface area contributed by atoms with E-state index in [-0.39, 0.29) is 5.95 Å². The monoisotopic (exact) mass is 204 g/mol. The molecule has 0 saturated heterocycles. The fourth-order valence-electron chi connectivity index (χ4n) is 1.20. The first-order valence-electron chi connectivity index (χ1n) is 4.51. The minimum atomic E-state index is 0.208. The molecule has 0 aliphatic carbocycles. The summed E-state index contributed by atoms with van der Waals surface area (Å²) in [5, 5.41) is 10.6. The number of hydrogen-bond acceptors (Lipinski definition) is 5. The van der Waals surface area contributed by atoms with Crippen molar-refractivity contribution < 1.29 is 0 Å². The van der Waals surface area contributed by atoms with E-state index < -0.39 is 0 Å². The Morgan fingerprint density at radius 3 is 2.53 bits per heavy atom. The zero-order chi connectivity index (χ0) is 10.7. The summed E-state index contributed by atoms with van der Waals surface area (Å²) in [5.74, 6) is 6.40. The molecule has 6 heteroatoms. The Kier molecular flexibility index (Phi) is 2.40. The second-order valence-corrected chi connectivity index (χ2v) is 3.06. The maximum atomic E-state index is 5.59. The number of para-hydroxylation sites is 1. The smallest absolute Gasteiger partial charge is 0.240 e. The average molecular weight is 204 g/mol. The summed E-state index contributed by atoms with van der Waals surface area (Å²) >= 11 is 0. The van der Waals surface area contributed by atoms with E-state index >= 15 is 0 Å². The van der Waals surface area contributed by atoms with Crippen LogP contribution in [0.25, 0.3) is 0 Å². The molecule has 0 unspecified atom stereocenters. The molecule has 1 aromatic heterocycles. The van der Waals surface area contributed by atoms with Gasteiger partial charge in [0.1, 0.15) is 0 Å². The quantitative estimate of drug-likeness (QED) is 0.620. The minimum absolute atomic E-state index is 0.208. The van der Waals surface area contributed by atoms with Crippen LogP contribution in [0.2, 0.25) is 0 Å². The Hall–Kier alpha value is -2.24. The highest BCUT2D eigenvalue weighted by molar-refractivity contribution is 5.42. The molecule has 0 atom stereocenters. The van der Waals surface area contributed by atoms with Crippen molar-refractivity contribution in [3.63, 3.8) is 0 Å². The van der Waals surface area contributed by atoms with Crippen molar-refractivity contribution >= 4 is 11.6 Å². The highest BCUT2D eigenvalue weighted by Gasteiger charge is 2.04.